The molecule has 0 aromatic heterocycles. The highest BCUT2D eigenvalue weighted by atomic mass is 14.0. The maximum absolute atomic E-state index is 2.36. The van der Waals surface area contributed by atoms with Crippen molar-refractivity contribution in [3.8, 4) is 0 Å². The highest BCUT2D eigenvalue weighted by Gasteiger charge is 1.90. The summed E-state index contributed by atoms with van der Waals surface area (Å²) in [6.45, 7) is 4.34. The van der Waals surface area contributed by atoms with Gasteiger partial charge in [-0.05, 0) is 39.0 Å². The van der Waals surface area contributed by atoms with Gasteiger partial charge in [0.15, 0.2) is 0 Å². The van der Waals surface area contributed by atoms with Gasteiger partial charge in [-0.1, -0.05) is 69.8 Å². The summed E-state index contributed by atoms with van der Waals surface area (Å²) in [5.41, 5.74) is 0. The van der Waals surface area contributed by atoms with E-state index in [1.807, 2.05) is 0 Å². The van der Waals surface area contributed by atoms with Crippen molar-refractivity contribution in [2.24, 2.45) is 0 Å². The largest absolute Gasteiger partial charge is 0.0917 e. The predicted octanol–water partition coefficient (Wildman–Crippen LogP) is 6.43. The molecule has 0 N–H and O–H groups in total. The number of rotatable bonds is 12. The molecule has 0 unspecified atom stereocenters. The first-order valence-electron chi connectivity index (χ1n) is 7.68. The lowest BCUT2D eigenvalue weighted by Gasteiger charge is -2.00. The van der Waals surface area contributed by atoms with Crippen molar-refractivity contribution in [2.75, 3.05) is 0 Å². The summed E-state index contributed by atoms with van der Waals surface area (Å²) in [6, 6.07) is 0. The monoisotopic (exact) mass is 236 g/mol. The Labute approximate surface area is 109 Å². The molecule has 0 nitrogen and oxygen atoms in total. The SMILES string of the molecule is C/C=C/CCCCCCCCC/C=C/CCC. The lowest BCUT2D eigenvalue weighted by atomic mass is 10.1. The van der Waals surface area contributed by atoms with E-state index >= 15 is 0 Å². The van der Waals surface area contributed by atoms with Crippen LogP contribution in [-0.4, -0.2) is 0 Å². The van der Waals surface area contributed by atoms with Gasteiger partial charge in [0.1, 0.15) is 0 Å². The molecule has 0 saturated carbocycles. The second-order valence-electron chi connectivity index (χ2n) is 4.88. The van der Waals surface area contributed by atoms with Crippen LogP contribution >= 0.6 is 0 Å². The summed E-state index contributed by atoms with van der Waals surface area (Å²) in [5.74, 6) is 0. The fraction of sp³-hybridized carbons (Fsp3) is 0.765. The second kappa shape index (κ2) is 15.5. The van der Waals surface area contributed by atoms with E-state index in [9.17, 15) is 0 Å². The van der Waals surface area contributed by atoms with Gasteiger partial charge in [-0.3, -0.25) is 0 Å². The van der Waals surface area contributed by atoms with E-state index in [1.165, 1.54) is 70.6 Å². The number of hydrogen-bond acceptors (Lipinski definition) is 0. The van der Waals surface area contributed by atoms with Crippen LogP contribution < -0.4 is 0 Å². The first-order chi connectivity index (χ1) is 8.41. The zero-order valence-electron chi connectivity index (χ0n) is 12.1. The maximum Gasteiger partial charge on any atom is -0.0351 e. The Hall–Kier alpha value is -0.520. The first-order valence-corrected chi connectivity index (χ1v) is 7.68. The zero-order chi connectivity index (χ0) is 12.6. The lowest BCUT2D eigenvalue weighted by molar-refractivity contribution is 0.583. The second-order valence-corrected chi connectivity index (χ2v) is 4.88. The maximum atomic E-state index is 2.36. The smallest absolute Gasteiger partial charge is 0.0351 e. The predicted molar refractivity (Wildman–Crippen MR) is 80.4 cm³/mol. The molecular formula is C17H32. The minimum absolute atomic E-state index is 1.26. The van der Waals surface area contributed by atoms with E-state index in [2.05, 4.69) is 38.2 Å². The van der Waals surface area contributed by atoms with E-state index in [1.54, 1.807) is 0 Å². The molecule has 0 atom stereocenters. The minimum atomic E-state index is 1.26. The summed E-state index contributed by atoms with van der Waals surface area (Å²) in [4.78, 5) is 0. The Morgan fingerprint density at radius 1 is 0.588 bits per heavy atom. The molecule has 0 heterocycles. The van der Waals surface area contributed by atoms with Crippen molar-refractivity contribution in [3.05, 3.63) is 24.3 Å². The van der Waals surface area contributed by atoms with Gasteiger partial charge in [-0.2, -0.15) is 0 Å². The zero-order valence-corrected chi connectivity index (χ0v) is 12.1. The van der Waals surface area contributed by atoms with E-state index in [0.29, 0.717) is 0 Å². The Morgan fingerprint density at radius 3 is 1.59 bits per heavy atom. The normalized spacial score (nSPS) is 11.9. The van der Waals surface area contributed by atoms with E-state index in [4.69, 9.17) is 0 Å². The molecule has 0 fully saturated rings. The molecule has 0 aliphatic rings. The molecule has 0 radical (unpaired) electrons. The molecular weight excluding hydrogens is 204 g/mol. The Bertz CT molecular complexity index is 176. The number of hydrogen-bond donors (Lipinski definition) is 0. The van der Waals surface area contributed by atoms with E-state index in [0.717, 1.165) is 0 Å². The number of allylic oxidation sites excluding steroid dienone is 4. The first kappa shape index (κ1) is 16.5. The summed E-state index contributed by atoms with van der Waals surface area (Å²) >= 11 is 0. The van der Waals surface area contributed by atoms with Crippen LogP contribution in [0.4, 0.5) is 0 Å². The summed E-state index contributed by atoms with van der Waals surface area (Å²) in [5, 5.41) is 0. The van der Waals surface area contributed by atoms with Crippen LogP contribution in [0.15, 0.2) is 24.3 Å². The lowest BCUT2D eigenvalue weighted by Crippen LogP contribution is -1.80. The molecule has 0 bridgehead atoms. The molecule has 0 aromatic rings. The summed E-state index contributed by atoms with van der Waals surface area (Å²) in [7, 11) is 0. The average molecular weight is 236 g/mol. The molecule has 0 aliphatic carbocycles. The highest BCUT2D eigenvalue weighted by molar-refractivity contribution is 4.80. The van der Waals surface area contributed by atoms with Gasteiger partial charge in [-0.25, -0.2) is 0 Å². The number of unbranched alkanes of at least 4 members (excludes halogenated alkanes) is 9. The Kier molecular flexibility index (Phi) is 15.0. The van der Waals surface area contributed by atoms with Gasteiger partial charge in [0.2, 0.25) is 0 Å². The minimum Gasteiger partial charge on any atom is -0.0917 e. The van der Waals surface area contributed by atoms with Gasteiger partial charge < -0.3 is 0 Å². The standard InChI is InChI=1S/C17H32/c1-3-5-7-9-11-13-15-17-16-14-12-10-8-6-4-2/h3,5,8,10H,4,6-7,9,11-17H2,1-2H3/b5-3+,10-8+. The molecule has 100 valence electrons. The van der Waals surface area contributed by atoms with Gasteiger partial charge in [0, 0.05) is 0 Å². The van der Waals surface area contributed by atoms with Crippen molar-refractivity contribution in [1.82, 2.24) is 0 Å². The van der Waals surface area contributed by atoms with Crippen LogP contribution in [-0.2, 0) is 0 Å². The van der Waals surface area contributed by atoms with Crippen molar-refractivity contribution >= 4 is 0 Å². The third-order valence-corrected chi connectivity index (χ3v) is 3.10. The van der Waals surface area contributed by atoms with Crippen LogP contribution in [0, 0.1) is 0 Å². The van der Waals surface area contributed by atoms with E-state index in [-0.39, 0.29) is 0 Å². The molecule has 0 aliphatic heterocycles. The van der Waals surface area contributed by atoms with Crippen molar-refractivity contribution in [3.63, 3.8) is 0 Å². The van der Waals surface area contributed by atoms with Gasteiger partial charge >= 0.3 is 0 Å². The van der Waals surface area contributed by atoms with Crippen LogP contribution in [0.1, 0.15) is 84.5 Å². The summed E-state index contributed by atoms with van der Waals surface area (Å²) in [6.07, 6.45) is 24.2. The van der Waals surface area contributed by atoms with Gasteiger partial charge in [0.05, 0.1) is 0 Å². The van der Waals surface area contributed by atoms with Crippen LogP contribution in [0.5, 0.6) is 0 Å². The molecule has 0 aromatic carbocycles. The third-order valence-electron chi connectivity index (χ3n) is 3.10. The van der Waals surface area contributed by atoms with Gasteiger partial charge in [0.25, 0.3) is 0 Å². The fourth-order valence-electron chi connectivity index (χ4n) is 1.98. The Morgan fingerprint density at radius 2 is 1.06 bits per heavy atom. The topological polar surface area (TPSA) is 0 Å². The molecule has 0 heteroatoms. The average Bonchev–Trinajstić information content (AvgIpc) is 2.35. The van der Waals surface area contributed by atoms with Gasteiger partial charge in [-0.15, -0.1) is 0 Å². The van der Waals surface area contributed by atoms with E-state index < -0.39 is 0 Å². The highest BCUT2D eigenvalue weighted by Crippen LogP contribution is 2.10. The summed E-state index contributed by atoms with van der Waals surface area (Å²) < 4.78 is 0. The molecule has 17 heavy (non-hydrogen) atoms. The van der Waals surface area contributed by atoms with Crippen molar-refractivity contribution in [1.29, 1.82) is 0 Å². The molecule has 0 amide bonds. The van der Waals surface area contributed by atoms with Crippen LogP contribution in [0.2, 0.25) is 0 Å². The quantitative estimate of drug-likeness (QED) is 0.270. The third kappa shape index (κ3) is 15.5. The Balaban J connectivity index is 2.98. The van der Waals surface area contributed by atoms with Crippen LogP contribution in [0.3, 0.4) is 0 Å². The molecule has 0 saturated heterocycles. The molecule has 0 spiro atoms. The van der Waals surface area contributed by atoms with Crippen LogP contribution in [0.25, 0.3) is 0 Å². The van der Waals surface area contributed by atoms with Crippen molar-refractivity contribution in [2.45, 2.75) is 84.5 Å². The molecule has 0 rings (SSSR count). The van der Waals surface area contributed by atoms with Crippen molar-refractivity contribution < 1.29 is 0 Å². The fourth-order valence-corrected chi connectivity index (χ4v) is 1.98.